The highest BCUT2D eigenvalue weighted by Gasteiger charge is 2.54. The predicted molar refractivity (Wildman–Crippen MR) is 124 cm³/mol. The summed E-state index contributed by atoms with van der Waals surface area (Å²) >= 11 is 0. The topological polar surface area (TPSA) is 98.2 Å². The van der Waals surface area contributed by atoms with Gasteiger partial charge in [0.25, 0.3) is 0 Å². The number of sulfonamides is 1. The summed E-state index contributed by atoms with van der Waals surface area (Å²) in [5.41, 5.74) is 3.74. The molecule has 2 aliphatic carbocycles. The van der Waals surface area contributed by atoms with E-state index in [0.717, 1.165) is 23.4 Å². The smallest absolute Gasteiger partial charge is 0.238 e. The Morgan fingerprint density at radius 3 is 2.59 bits per heavy atom. The Hall–Kier alpha value is -2.74. The third-order valence-electron chi connectivity index (χ3n) is 7.37. The van der Waals surface area contributed by atoms with Crippen LogP contribution in [0.3, 0.4) is 0 Å². The molecule has 1 heterocycles. The lowest BCUT2D eigenvalue weighted by molar-refractivity contribution is -0.0462. The monoisotopic (exact) mass is 449 g/mol. The van der Waals surface area contributed by atoms with Crippen LogP contribution in [0.15, 0.2) is 71.3 Å². The summed E-state index contributed by atoms with van der Waals surface area (Å²) < 4.78 is 25.9. The van der Waals surface area contributed by atoms with E-state index in [-0.39, 0.29) is 4.90 Å². The molecular formula is C25H27N3O3S. The van der Waals surface area contributed by atoms with Gasteiger partial charge in [-0.3, -0.25) is 0 Å². The number of nitrogens with zero attached hydrogens (tertiary/aromatic N) is 2. The standard InChI is InChI=1S/C25H27N3O3S/c1-24-16-19-17-27-28(21-8-3-2-4-9-21)22(19)15-20(24)12-14-25(24,29)13-11-18-7-5-6-10-23(18)32(26,30)31/h2-10,15,17,29H,11-14,16H2,1H3,(H2,26,30,31)/t24-,25-/m0/s1. The molecule has 166 valence electrons. The SMILES string of the molecule is C[C@]12Cc3cnn(-c4ccccc4)c3C=C1CC[C@@]2(O)CCc1ccccc1S(N)(=O)=O. The Balaban J connectivity index is 1.45. The van der Waals surface area contributed by atoms with E-state index in [1.54, 1.807) is 18.2 Å². The average molecular weight is 450 g/mol. The van der Waals surface area contributed by atoms with E-state index >= 15 is 0 Å². The first kappa shape index (κ1) is 21.1. The first-order valence-electron chi connectivity index (χ1n) is 10.9. The number of nitrogens with two attached hydrogens (primary N) is 1. The fourth-order valence-electron chi connectivity index (χ4n) is 5.43. The molecule has 3 aromatic rings. The third-order valence-corrected chi connectivity index (χ3v) is 8.38. The van der Waals surface area contributed by atoms with Gasteiger partial charge in [0.1, 0.15) is 0 Å². The van der Waals surface area contributed by atoms with E-state index in [1.807, 2.05) is 41.2 Å². The second-order valence-corrected chi connectivity index (χ2v) is 10.7. The summed E-state index contributed by atoms with van der Waals surface area (Å²) in [5.74, 6) is 0. The van der Waals surface area contributed by atoms with Gasteiger partial charge in [0.05, 0.1) is 28.1 Å². The van der Waals surface area contributed by atoms with Crippen molar-refractivity contribution < 1.29 is 13.5 Å². The van der Waals surface area contributed by atoms with Gasteiger partial charge in [0.2, 0.25) is 10.0 Å². The molecule has 0 saturated heterocycles. The van der Waals surface area contributed by atoms with Crippen molar-refractivity contribution in [2.24, 2.45) is 10.6 Å². The van der Waals surface area contributed by atoms with Gasteiger partial charge >= 0.3 is 0 Å². The van der Waals surface area contributed by atoms with E-state index in [9.17, 15) is 13.5 Å². The molecule has 7 heteroatoms. The van der Waals surface area contributed by atoms with Crippen molar-refractivity contribution >= 4 is 16.1 Å². The molecule has 0 unspecified atom stereocenters. The average Bonchev–Trinajstić information content (AvgIpc) is 3.29. The Bertz CT molecular complexity index is 1310. The molecule has 5 rings (SSSR count). The number of aromatic nitrogens is 2. The normalized spacial score (nSPS) is 24.7. The minimum absolute atomic E-state index is 0.137. The van der Waals surface area contributed by atoms with E-state index < -0.39 is 21.0 Å². The third kappa shape index (κ3) is 3.32. The van der Waals surface area contributed by atoms with Crippen LogP contribution in [0.1, 0.15) is 43.0 Å². The number of aryl methyl sites for hydroxylation is 1. The second-order valence-electron chi connectivity index (χ2n) is 9.17. The van der Waals surface area contributed by atoms with Gasteiger partial charge in [-0.25, -0.2) is 18.2 Å². The van der Waals surface area contributed by atoms with Crippen LogP contribution >= 0.6 is 0 Å². The van der Waals surface area contributed by atoms with Crippen molar-refractivity contribution in [3.05, 3.63) is 83.2 Å². The van der Waals surface area contributed by atoms with Crippen molar-refractivity contribution in [1.29, 1.82) is 0 Å². The Morgan fingerprint density at radius 2 is 1.84 bits per heavy atom. The molecular weight excluding hydrogens is 422 g/mol. The zero-order chi connectivity index (χ0) is 22.6. The van der Waals surface area contributed by atoms with Crippen LogP contribution in [0.2, 0.25) is 0 Å². The first-order valence-corrected chi connectivity index (χ1v) is 12.4. The second kappa shape index (κ2) is 7.40. The molecule has 1 saturated carbocycles. The maximum Gasteiger partial charge on any atom is 0.238 e. The number of hydrogen-bond acceptors (Lipinski definition) is 4. The summed E-state index contributed by atoms with van der Waals surface area (Å²) in [6.45, 7) is 2.13. The molecule has 2 atom stereocenters. The maximum atomic E-state index is 12.0. The lowest BCUT2D eigenvalue weighted by Gasteiger charge is -2.42. The predicted octanol–water partition coefficient (Wildman–Crippen LogP) is 3.62. The summed E-state index contributed by atoms with van der Waals surface area (Å²) in [4.78, 5) is 0.137. The molecule has 0 radical (unpaired) electrons. The highest BCUT2D eigenvalue weighted by atomic mass is 32.2. The van der Waals surface area contributed by atoms with Crippen LogP contribution in [-0.4, -0.2) is 28.9 Å². The molecule has 1 fully saturated rings. The molecule has 0 aliphatic heterocycles. The Morgan fingerprint density at radius 1 is 1.12 bits per heavy atom. The number of primary sulfonamides is 1. The van der Waals surface area contributed by atoms with Crippen LogP contribution in [-0.2, 0) is 22.9 Å². The van der Waals surface area contributed by atoms with E-state index in [4.69, 9.17) is 5.14 Å². The van der Waals surface area contributed by atoms with Gasteiger partial charge in [-0.05, 0) is 67.5 Å². The minimum Gasteiger partial charge on any atom is -0.389 e. The van der Waals surface area contributed by atoms with E-state index in [2.05, 4.69) is 18.1 Å². The van der Waals surface area contributed by atoms with Crippen LogP contribution in [0.5, 0.6) is 0 Å². The number of hydrogen-bond donors (Lipinski definition) is 2. The molecule has 0 spiro atoms. The maximum absolute atomic E-state index is 12.0. The molecule has 0 bridgehead atoms. The van der Waals surface area contributed by atoms with Gasteiger partial charge < -0.3 is 5.11 Å². The number of para-hydroxylation sites is 1. The fourth-order valence-corrected chi connectivity index (χ4v) is 6.24. The highest BCUT2D eigenvalue weighted by molar-refractivity contribution is 7.89. The number of benzene rings is 2. The summed E-state index contributed by atoms with van der Waals surface area (Å²) in [7, 11) is -3.81. The van der Waals surface area contributed by atoms with Crippen LogP contribution < -0.4 is 5.14 Å². The van der Waals surface area contributed by atoms with Gasteiger partial charge in [0, 0.05) is 5.41 Å². The quantitative estimate of drug-likeness (QED) is 0.621. The van der Waals surface area contributed by atoms with Crippen molar-refractivity contribution in [3.8, 4) is 5.69 Å². The zero-order valence-corrected chi connectivity index (χ0v) is 18.8. The number of fused-ring (bicyclic) bond motifs is 2. The molecule has 3 N–H and O–H groups in total. The van der Waals surface area contributed by atoms with Crippen molar-refractivity contribution in [3.63, 3.8) is 0 Å². The number of aliphatic hydroxyl groups is 1. The Kier molecular flexibility index (Phi) is 4.89. The molecule has 6 nitrogen and oxygen atoms in total. The van der Waals surface area contributed by atoms with Gasteiger partial charge in [-0.2, -0.15) is 5.10 Å². The van der Waals surface area contributed by atoms with Crippen molar-refractivity contribution in [2.45, 2.75) is 49.5 Å². The lowest BCUT2D eigenvalue weighted by Crippen LogP contribution is -2.45. The van der Waals surface area contributed by atoms with Gasteiger partial charge in [0.15, 0.2) is 0 Å². The summed E-state index contributed by atoms with van der Waals surface area (Å²) in [6, 6.07) is 16.8. The van der Waals surface area contributed by atoms with Gasteiger partial charge in [-0.15, -0.1) is 0 Å². The largest absolute Gasteiger partial charge is 0.389 e. The van der Waals surface area contributed by atoms with E-state index in [1.165, 1.54) is 11.6 Å². The molecule has 2 aromatic carbocycles. The molecule has 2 aliphatic rings. The van der Waals surface area contributed by atoms with Crippen LogP contribution in [0, 0.1) is 5.41 Å². The highest BCUT2D eigenvalue weighted by Crippen LogP contribution is 2.56. The lowest BCUT2D eigenvalue weighted by atomic mass is 9.65. The van der Waals surface area contributed by atoms with Crippen molar-refractivity contribution in [1.82, 2.24) is 9.78 Å². The van der Waals surface area contributed by atoms with Crippen LogP contribution in [0.25, 0.3) is 11.8 Å². The summed E-state index contributed by atoms with van der Waals surface area (Å²) in [5, 5.41) is 21.8. The minimum atomic E-state index is -3.81. The Labute approximate surface area is 188 Å². The fraction of sp³-hybridized carbons (Fsp3) is 0.320. The van der Waals surface area contributed by atoms with E-state index in [0.29, 0.717) is 31.2 Å². The molecule has 0 amide bonds. The summed E-state index contributed by atoms with van der Waals surface area (Å²) in [6.07, 6.45) is 7.16. The van der Waals surface area contributed by atoms with Crippen molar-refractivity contribution in [2.75, 3.05) is 0 Å². The molecule has 32 heavy (non-hydrogen) atoms. The first-order chi connectivity index (χ1) is 15.2. The molecule has 1 aromatic heterocycles. The zero-order valence-electron chi connectivity index (χ0n) is 18.0. The van der Waals surface area contributed by atoms with Gasteiger partial charge in [-0.1, -0.05) is 48.9 Å². The van der Waals surface area contributed by atoms with Crippen LogP contribution in [0.4, 0.5) is 0 Å². The number of rotatable bonds is 5.